The zero-order chi connectivity index (χ0) is 24.2. The summed E-state index contributed by atoms with van der Waals surface area (Å²) in [5.41, 5.74) is 3.90. The van der Waals surface area contributed by atoms with Gasteiger partial charge in [-0.05, 0) is 19.1 Å². The van der Waals surface area contributed by atoms with Crippen LogP contribution in [0, 0.1) is 0 Å². The summed E-state index contributed by atoms with van der Waals surface area (Å²) >= 11 is 0. The molecule has 2 heterocycles. The van der Waals surface area contributed by atoms with Gasteiger partial charge < -0.3 is 55.4 Å². The summed E-state index contributed by atoms with van der Waals surface area (Å²) in [6.45, 7) is 1.41. The van der Waals surface area contributed by atoms with E-state index in [0.29, 0.717) is 0 Å². The van der Waals surface area contributed by atoms with Gasteiger partial charge in [0.05, 0.1) is 6.10 Å². The van der Waals surface area contributed by atoms with Crippen LogP contribution in [0.3, 0.4) is 0 Å². The minimum Gasteiger partial charge on any atom is -0.508 e. The number of nitrogens with two attached hydrogens (primary N) is 1. The molecule has 5 atom stereocenters. The van der Waals surface area contributed by atoms with Crippen molar-refractivity contribution >= 4 is 16.7 Å². The van der Waals surface area contributed by atoms with Gasteiger partial charge in [0.1, 0.15) is 58.0 Å². The van der Waals surface area contributed by atoms with Gasteiger partial charge in [-0.3, -0.25) is 4.79 Å². The summed E-state index contributed by atoms with van der Waals surface area (Å²) in [6, 6.07) is 4.08. The first-order valence-corrected chi connectivity index (χ1v) is 9.70. The molecule has 12 heteroatoms. The van der Waals surface area contributed by atoms with Crippen LogP contribution in [0.4, 0.5) is 5.69 Å². The molecule has 3 aromatic rings. The molecule has 1 aliphatic rings. The largest absolute Gasteiger partial charge is 0.508 e. The van der Waals surface area contributed by atoms with Crippen molar-refractivity contribution in [3.63, 3.8) is 0 Å². The van der Waals surface area contributed by atoms with E-state index in [2.05, 4.69) is 0 Å². The fraction of sp³-hybridized carbons (Fsp3) is 0.286. The maximum atomic E-state index is 13.3. The Balaban J connectivity index is 1.95. The lowest BCUT2D eigenvalue weighted by molar-refractivity contribution is -0.268. The third-order valence-corrected chi connectivity index (χ3v) is 5.36. The van der Waals surface area contributed by atoms with Gasteiger partial charge in [0, 0.05) is 17.7 Å². The van der Waals surface area contributed by atoms with Crippen molar-refractivity contribution in [1.29, 1.82) is 0 Å². The Bertz CT molecular complexity index is 1260. The zero-order valence-corrected chi connectivity index (χ0v) is 17.0. The predicted octanol–water partition coefficient (Wildman–Crippen LogP) is 0.0709. The lowest BCUT2D eigenvalue weighted by Crippen LogP contribution is -2.58. The molecule has 33 heavy (non-hydrogen) atoms. The smallest absolute Gasteiger partial charge is 0.239 e. The molecule has 4 rings (SSSR count). The van der Waals surface area contributed by atoms with Crippen molar-refractivity contribution in [2.45, 2.75) is 37.6 Å². The number of anilines is 1. The van der Waals surface area contributed by atoms with E-state index in [1.165, 1.54) is 6.92 Å². The molecule has 12 nitrogen and oxygen atoms in total. The van der Waals surface area contributed by atoms with Gasteiger partial charge in [-0.1, -0.05) is 0 Å². The number of rotatable bonds is 3. The second-order valence-corrected chi connectivity index (χ2v) is 7.65. The highest BCUT2D eigenvalue weighted by atomic mass is 16.7. The maximum Gasteiger partial charge on any atom is 0.239 e. The van der Waals surface area contributed by atoms with Crippen LogP contribution in [0.5, 0.6) is 28.7 Å². The Labute approximate surface area is 184 Å². The Morgan fingerprint density at radius 1 is 0.909 bits per heavy atom. The standard InChI is InChI=1S/C21H21NO11/c1-6-15(27)17(29)18(30)21(31-6)33-20-16(28)13-9(24)4-8(23)5-12(13)32-19(20)7-2-10(25)14(22)11(26)3-7/h2-6,15,17-18,21,23-27,29-30H,22H2,1H3/t6-,15-,17+,18+,21-/m0/s1. The van der Waals surface area contributed by atoms with E-state index in [4.69, 9.17) is 19.6 Å². The SMILES string of the molecule is C[C@@H]1O[C@@H](Oc2c(-c3cc(O)c(N)c(O)c3)oc3cc(O)cc(O)c3c2=O)[C@H](O)[C@H](O)[C@H]1O. The lowest BCUT2D eigenvalue weighted by atomic mass is 10.00. The molecule has 0 saturated carbocycles. The fourth-order valence-corrected chi connectivity index (χ4v) is 3.55. The summed E-state index contributed by atoms with van der Waals surface area (Å²) < 4.78 is 16.6. The molecule has 1 saturated heterocycles. The van der Waals surface area contributed by atoms with Crippen molar-refractivity contribution in [3.05, 3.63) is 34.5 Å². The number of phenolic OH excluding ortho intramolecular Hbond substituents is 4. The Morgan fingerprint density at radius 2 is 1.55 bits per heavy atom. The molecule has 9 N–H and O–H groups in total. The van der Waals surface area contributed by atoms with Crippen molar-refractivity contribution in [3.8, 4) is 40.1 Å². The van der Waals surface area contributed by atoms with Crippen LogP contribution >= 0.6 is 0 Å². The quantitative estimate of drug-likeness (QED) is 0.191. The van der Waals surface area contributed by atoms with Crippen molar-refractivity contribution < 1.29 is 49.6 Å². The minimum absolute atomic E-state index is 0.0880. The molecule has 176 valence electrons. The second-order valence-electron chi connectivity index (χ2n) is 7.65. The van der Waals surface area contributed by atoms with Gasteiger partial charge in [-0.15, -0.1) is 0 Å². The van der Waals surface area contributed by atoms with Crippen LogP contribution in [0.15, 0.2) is 33.5 Å². The zero-order valence-electron chi connectivity index (χ0n) is 17.0. The Morgan fingerprint density at radius 3 is 2.18 bits per heavy atom. The van der Waals surface area contributed by atoms with E-state index in [9.17, 15) is 40.5 Å². The predicted molar refractivity (Wildman–Crippen MR) is 112 cm³/mol. The normalized spacial score (nSPS) is 25.3. The highest BCUT2D eigenvalue weighted by Crippen LogP contribution is 2.41. The lowest BCUT2D eigenvalue weighted by Gasteiger charge is -2.38. The summed E-state index contributed by atoms with van der Waals surface area (Å²) in [5.74, 6) is -3.13. The molecule has 0 aliphatic carbocycles. The molecular formula is C21H21NO11. The Kier molecular flexibility index (Phi) is 5.46. The van der Waals surface area contributed by atoms with Crippen LogP contribution in [0.25, 0.3) is 22.3 Å². The number of phenols is 4. The van der Waals surface area contributed by atoms with Crippen LogP contribution < -0.4 is 15.9 Å². The van der Waals surface area contributed by atoms with Gasteiger partial charge in [0.2, 0.25) is 17.5 Å². The highest BCUT2D eigenvalue weighted by Gasteiger charge is 2.44. The van der Waals surface area contributed by atoms with Crippen molar-refractivity contribution in [2.75, 3.05) is 5.73 Å². The Hall–Kier alpha value is -3.71. The number of aliphatic hydroxyl groups is 3. The number of benzene rings is 2. The van der Waals surface area contributed by atoms with Gasteiger partial charge in [-0.25, -0.2) is 0 Å². The molecule has 0 unspecified atom stereocenters. The fourth-order valence-electron chi connectivity index (χ4n) is 3.55. The maximum absolute atomic E-state index is 13.3. The van der Waals surface area contributed by atoms with E-state index in [0.717, 1.165) is 24.3 Å². The summed E-state index contributed by atoms with van der Waals surface area (Å²) in [5, 5.41) is 69.9. The number of hydrogen-bond donors (Lipinski definition) is 8. The third kappa shape index (κ3) is 3.74. The second kappa shape index (κ2) is 8.01. The molecule has 1 aliphatic heterocycles. The first-order valence-electron chi connectivity index (χ1n) is 9.70. The molecule has 0 bridgehead atoms. The van der Waals surface area contributed by atoms with E-state index in [1.54, 1.807) is 0 Å². The van der Waals surface area contributed by atoms with E-state index in [1.807, 2.05) is 0 Å². The number of nitrogen functional groups attached to an aromatic ring is 1. The van der Waals surface area contributed by atoms with Crippen LogP contribution in [-0.2, 0) is 4.74 Å². The van der Waals surface area contributed by atoms with Gasteiger partial charge in [0.25, 0.3) is 0 Å². The van der Waals surface area contributed by atoms with E-state index < -0.39 is 64.9 Å². The summed E-state index contributed by atoms with van der Waals surface area (Å²) in [7, 11) is 0. The molecule has 0 radical (unpaired) electrons. The molecular weight excluding hydrogens is 442 g/mol. The van der Waals surface area contributed by atoms with Crippen LogP contribution in [0.2, 0.25) is 0 Å². The number of hydrogen-bond acceptors (Lipinski definition) is 12. The summed E-state index contributed by atoms with van der Waals surface area (Å²) in [4.78, 5) is 13.3. The van der Waals surface area contributed by atoms with Crippen LogP contribution in [0.1, 0.15) is 6.92 Å². The van der Waals surface area contributed by atoms with Gasteiger partial charge in [0.15, 0.2) is 5.76 Å². The molecule has 0 spiro atoms. The third-order valence-electron chi connectivity index (χ3n) is 5.36. The molecule has 2 aromatic carbocycles. The molecule has 1 fully saturated rings. The van der Waals surface area contributed by atoms with E-state index in [-0.39, 0.29) is 28.0 Å². The monoisotopic (exact) mass is 463 g/mol. The van der Waals surface area contributed by atoms with E-state index >= 15 is 0 Å². The van der Waals surface area contributed by atoms with Crippen molar-refractivity contribution in [2.24, 2.45) is 0 Å². The average molecular weight is 463 g/mol. The number of aliphatic hydroxyl groups excluding tert-OH is 3. The topological polar surface area (TPSA) is 216 Å². The van der Waals surface area contributed by atoms with Crippen LogP contribution in [-0.4, -0.2) is 66.5 Å². The number of aromatic hydroxyl groups is 4. The molecule has 0 amide bonds. The minimum atomic E-state index is -1.78. The summed E-state index contributed by atoms with van der Waals surface area (Å²) in [6.07, 6.45) is -7.50. The van der Waals surface area contributed by atoms with Gasteiger partial charge >= 0.3 is 0 Å². The average Bonchev–Trinajstić information content (AvgIpc) is 2.74. The first-order chi connectivity index (χ1) is 15.5. The first kappa shape index (κ1) is 22.5. The highest BCUT2D eigenvalue weighted by molar-refractivity contribution is 5.88. The number of ether oxygens (including phenoxy) is 2. The number of fused-ring (bicyclic) bond motifs is 1. The molecule has 1 aromatic heterocycles. The van der Waals surface area contributed by atoms with Crippen molar-refractivity contribution in [1.82, 2.24) is 0 Å². The van der Waals surface area contributed by atoms with Gasteiger partial charge in [-0.2, -0.15) is 0 Å².